The molecule has 3 nitrogen and oxygen atoms in total. The number of hydrogen-bond acceptors (Lipinski definition) is 3. The average molecular weight is 358 g/mol. The Morgan fingerprint density at radius 2 is 1.92 bits per heavy atom. The molecule has 0 saturated heterocycles. The molecule has 4 saturated carbocycles. The fourth-order valence-electron chi connectivity index (χ4n) is 7.91. The van der Waals surface area contributed by atoms with E-state index < -0.39 is 5.60 Å². The molecular weight excluding hydrogens is 322 g/mol. The Labute approximate surface area is 158 Å². The van der Waals surface area contributed by atoms with Crippen LogP contribution in [0.25, 0.3) is 0 Å². The van der Waals surface area contributed by atoms with Crippen LogP contribution in [0.5, 0.6) is 0 Å². The molecule has 0 heterocycles. The molecule has 4 aliphatic carbocycles. The van der Waals surface area contributed by atoms with E-state index in [0.717, 1.165) is 32.1 Å². The third-order valence-corrected chi connectivity index (χ3v) is 9.25. The zero-order chi connectivity index (χ0) is 18.7. The summed E-state index contributed by atoms with van der Waals surface area (Å²) in [7, 11) is 1.89. The Balaban J connectivity index is 1.71. The van der Waals surface area contributed by atoms with Crippen LogP contribution in [0.4, 0.5) is 0 Å². The lowest BCUT2D eigenvalue weighted by Gasteiger charge is -2.63. The van der Waals surface area contributed by atoms with Crippen LogP contribution in [-0.2, 0) is 4.74 Å². The molecule has 4 rings (SSSR count). The van der Waals surface area contributed by atoms with Crippen molar-refractivity contribution in [1.82, 2.24) is 0 Å². The van der Waals surface area contributed by atoms with E-state index in [4.69, 9.17) is 4.74 Å². The van der Waals surface area contributed by atoms with Crippen LogP contribution in [0.2, 0.25) is 0 Å². The number of nitrogens with zero attached hydrogens (tertiary/aromatic N) is 1. The van der Waals surface area contributed by atoms with E-state index in [-0.39, 0.29) is 16.9 Å². The van der Waals surface area contributed by atoms with Crippen molar-refractivity contribution in [2.75, 3.05) is 7.11 Å². The van der Waals surface area contributed by atoms with Gasteiger partial charge < -0.3 is 9.84 Å². The molecule has 0 unspecified atom stereocenters. The number of allylic oxidation sites excluding steroid dienone is 2. The molecule has 0 amide bonds. The molecule has 1 N–H and O–H groups in total. The van der Waals surface area contributed by atoms with E-state index in [1.165, 1.54) is 24.8 Å². The highest BCUT2D eigenvalue weighted by Crippen LogP contribution is 2.68. The summed E-state index contributed by atoms with van der Waals surface area (Å²) in [6, 6.07) is 2.30. The Kier molecular flexibility index (Phi) is 4.33. The fourth-order valence-corrected chi connectivity index (χ4v) is 7.91. The zero-order valence-electron chi connectivity index (χ0n) is 16.9. The molecule has 0 spiro atoms. The molecule has 0 aromatic rings. The Morgan fingerprint density at radius 1 is 1.15 bits per heavy atom. The van der Waals surface area contributed by atoms with Gasteiger partial charge in [0.1, 0.15) is 0 Å². The SMILES string of the molecule is CO[C@H]1C[C@]2(C)/C(=C\C#N)CC[C@H]2[C@@H]2CC[C@@H]3C[C@](C)(O)CC[C@]3(C)[C@H]21. The maximum absolute atomic E-state index is 10.7. The summed E-state index contributed by atoms with van der Waals surface area (Å²) in [5.74, 6) is 2.61. The van der Waals surface area contributed by atoms with Crippen molar-refractivity contribution in [2.45, 2.75) is 83.8 Å². The van der Waals surface area contributed by atoms with Gasteiger partial charge >= 0.3 is 0 Å². The molecule has 0 aromatic carbocycles. The molecule has 0 aromatic heterocycles. The Bertz CT molecular complexity index is 647. The normalized spacial score (nSPS) is 54.9. The number of nitriles is 1. The fraction of sp³-hybridized carbons (Fsp3) is 0.870. The van der Waals surface area contributed by atoms with Crippen LogP contribution < -0.4 is 0 Å². The summed E-state index contributed by atoms with van der Waals surface area (Å²) in [6.07, 6.45) is 11.0. The van der Waals surface area contributed by atoms with Crippen molar-refractivity contribution in [3.8, 4) is 6.07 Å². The predicted molar refractivity (Wildman–Crippen MR) is 102 cm³/mol. The molecule has 8 atom stereocenters. The second-order valence-electron chi connectivity index (χ2n) is 10.5. The minimum atomic E-state index is -0.487. The number of aliphatic hydroxyl groups is 1. The first-order chi connectivity index (χ1) is 12.2. The standard InChI is InChI=1S/C23H35NO2/c1-21(25)10-11-22(2)16(13-21)5-7-17-18-8-6-15(9-12-24)23(18,3)14-19(26-4)20(17)22/h9,16-20,25H,5-8,10-11,13-14H2,1-4H3/b15-9-/t16-,17+,18+,19+,20-,21-,22+,23-/m1/s1. The quantitative estimate of drug-likeness (QED) is 0.682. The first-order valence-corrected chi connectivity index (χ1v) is 10.6. The Hall–Kier alpha value is -0.850. The van der Waals surface area contributed by atoms with Crippen molar-refractivity contribution in [3.63, 3.8) is 0 Å². The van der Waals surface area contributed by atoms with E-state index >= 15 is 0 Å². The molecular formula is C23H35NO2. The summed E-state index contributed by atoms with van der Waals surface area (Å²) in [6.45, 7) is 6.93. The molecule has 0 aliphatic heterocycles. The van der Waals surface area contributed by atoms with E-state index in [9.17, 15) is 10.4 Å². The summed E-state index contributed by atoms with van der Waals surface area (Å²) in [4.78, 5) is 0. The van der Waals surface area contributed by atoms with E-state index in [1.54, 1.807) is 0 Å². The number of methoxy groups -OCH3 is 1. The van der Waals surface area contributed by atoms with Crippen molar-refractivity contribution in [1.29, 1.82) is 5.26 Å². The van der Waals surface area contributed by atoms with Gasteiger partial charge in [0.2, 0.25) is 0 Å². The number of rotatable bonds is 1. The molecule has 0 radical (unpaired) electrons. The van der Waals surface area contributed by atoms with E-state index in [0.29, 0.717) is 23.7 Å². The number of ether oxygens (including phenoxy) is 1. The van der Waals surface area contributed by atoms with Gasteiger partial charge in [-0.1, -0.05) is 19.4 Å². The van der Waals surface area contributed by atoms with Gasteiger partial charge in [-0.15, -0.1) is 0 Å². The van der Waals surface area contributed by atoms with Gasteiger partial charge in [-0.05, 0) is 92.8 Å². The first kappa shape index (κ1) is 18.5. The monoisotopic (exact) mass is 357 g/mol. The van der Waals surface area contributed by atoms with Gasteiger partial charge in [0.05, 0.1) is 17.8 Å². The minimum absolute atomic E-state index is 0.140. The highest BCUT2D eigenvalue weighted by atomic mass is 16.5. The summed E-state index contributed by atoms with van der Waals surface area (Å²) < 4.78 is 6.15. The van der Waals surface area contributed by atoms with Gasteiger partial charge in [-0.2, -0.15) is 5.26 Å². The molecule has 4 aliphatic rings. The average Bonchev–Trinajstić information content (AvgIpc) is 2.91. The topological polar surface area (TPSA) is 53.2 Å². The second-order valence-corrected chi connectivity index (χ2v) is 10.5. The third-order valence-electron chi connectivity index (χ3n) is 9.25. The minimum Gasteiger partial charge on any atom is -0.390 e. The van der Waals surface area contributed by atoms with E-state index in [1.807, 2.05) is 20.1 Å². The van der Waals surface area contributed by atoms with Gasteiger partial charge in [0.15, 0.2) is 0 Å². The highest BCUT2D eigenvalue weighted by Gasteiger charge is 2.63. The predicted octanol–water partition coefficient (Wildman–Crippen LogP) is 4.85. The maximum Gasteiger partial charge on any atom is 0.0911 e. The second kappa shape index (κ2) is 6.08. The lowest BCUT2D eigenvalue weighted by molar-refractivity contribution is -0.186. The third kappa shape index (κ3) is 2.52. The number of hydrogen-bond donors (Lipinski definition) is 1. The van der Waals surface area contributed by atoms with Crippen LogP contribution in [0.3, 0.4) is 0 Å². The highest BCUT2D eigenvalue weighted by molar-refractivity contribution is 5.29. The van der Waals surface area contributed by atoms with Crippen molar-refractivity contribution < 1.29 is 9.84 Å². The van der Waals surface area contributed by atoms with Gasteiger partial charge in [0, 0.05) is 13.2 Å². The first-order valence-electron chi connectivity index (χ1n) is 10.6. The summed E-state index contributed by atoms with van der Waals surface area (Å²) in [5.41, 5.74) is 1.30. The zero-order valence-corrected chi connectivity index (χ0v) is 16.9. The van der Waals surface area contributed by atoms with Crippen LogP contribution in [-0.4, -0.2) is 23.9 Å². The van der Waals surface area contributed by atoms with Gasteiger partial charge in [0.25, 0.3) is 0 Å². The molecule has 4 fully saturated rings. The van der Waals surface area contributed by atoms with E-state index in [2.05, 4.69) is 19.9 Å². The summed E-state index contributed by atoms with van der Waals surface area (Å²) >= 11 is 0. The smallest absolute Gasteiger partial charge is 0.0911 e. The van der Waals surface area contributed by atoms with Crippen LogP contribution in [0, 0.1) is 45.8 Å². The lowest BCUT2D eigenvalue weighted by atomic mass is 9.43. The number of fused-ring (bicyclic) bond motifs is 5. The maximum atomic E-state index is 10.7. The van der Waals surface area contributed by atoms with Crippen molar-refractivity contribution in [2.24, 2.45) is 34.5 Å². The summed E-state index contributed by atoms with van der Waals surface area (Å²) in [5, 5.41) is 19.9. The Morgan fingerprint density at radius 3 is 2.62 bits per heavy atom. The van der Waals surface area contributed by atoms with Crippen LogP contribution in [0.15, 0.2) is 11.6 Å². The largest absolute Gasteiger partial charge is 0.390 e. The molecule has 144 valence electrons. The molecule has 3 heteroatoms. The van der Waals surface area contributed by atoms with Crippen molar-refractivity contribution in [3.05, 3.63) is 11.6 Å². The van der Waals surface area contributed by atoms with Crippen molar-refractivity contribution >= 4 is 0 Å². The van der Waals surface area contributed by atoms with Crippen LogP contribution in [0.1, 0.15) is 72.1 Å². The van der Waals surface area contributed by atoms with Gasteiger partial charge in [-0.25, -0.2) is 0 Å². The van der Waals surface area contributed by atoms with Crippen LogP contribution >= 0.6 is 0 Å². The lowest BCUT2D eigenvalue weighted by Crippen LogP contribution is -2.59. The molecule has 0 bridgehead atoms. The molecule has 26 heavy (non-hydrogen) atoms. The van der Waals surface area contributed by atoms with Gasteiger partial charge in [-0.3, -0.25) is 0 Å².